The first kappa shape index (κ1) is 19.4. The van der Waals surface area contributed by atoms with Crippen LogP contribution in [0.15, 0.2) is 70.4 Å². The fraction of sp³-hybridized carbons (Fsp3) is 0.174. The van der Waals surface area contributed by atoms with Gasteiger partial charge in [-0.25, -0.2) is 9.36 Å². The van der Waals surface area contributed by atoms with E-state index in [0.717, 1.165) is 4.57 Å². The Kier molecular flexibility index (Phi) is 4.87. The van der Waals surface area contributed by atoms with Crippen LogP contribution >= 0.6 is 0 Å². The van der Waals surface area contributed by atoms with Crippen molar-refractivity contribution in [1.29, 1.82) is 0 Å². The quantitative estimate of drug-likeness (QED) is 0.548. The highest BCUT2D eigenvalue weighted by atomic mass is 16.2. The molecule has 30 heavy (non-hydrogen) atoms. The van der Waals surface area contributed by atoms with Gasteiger partial charge >= 0.3 is 5.69 Å². The Labute approximate surface area is 172 Å². The normalized spacial score (nSPS) is 11.2. The molecule has 0 bridgehead atoms. The van der Waals surface area contributed by atoms with E-state index >= 15 is 0 Å². The molecule has 7 nitrogen and oxygen atoms in total. The lowest BCUT2D eigenvalue weighted by Gasteiger charge is -2.08. The summed E-state index contributed by atoms with van der Waals surface area (Å²) in [6.07, 6.45) is 1.55. The van der Waals surface area contributed by atoms with Crippen LogP contribution in [0.4, 0.5) is 5.69 Å². The molecule has 7 heteroatoms. The van der Waals surface area contributed by atoms with Crippen LogP contribution in [0.3, 0.4) is 0 Å². The average Bonchev–Trinajstić information content (AvgIpc) is 3.05. The van der Waals surface area contributed by atoms with E-state index in [4.69, 9.17) is 0 Å². The number of aryl methyl sites for hydroxylation is 1. The highest BCUT2D eigenvalue weighted by Gasteiger charge is 2.20. The van der Waals surface area contributed by atoms with Gasteiger partial charge in [-0.2, -0.15) is 0 Å². The fourth-order valence-corrected chi connectivity index (χ4v) is 3.51. The molecular weight excluding hydrogens is 380 g/mol. The second kappa shape index (κ2) is 7.51. The summed E-state index contributed by atoms with van der Waals surface area (Å²) >= 11 is 0. The van der Waals surface area contributed by atoms with Gasteiger partial charge in [0.2, 0.25) is 0 Å². The first-order valence-electron chi connectivity index (χ1n) is 9.68. The monoisotopic (exact) mass is 402 g/mol. The standard InChI is InChI=1S/C23H22N4O3/c1-14(2)15-9-11-16(12-10-15)24-21(28)18-13-26(3)20-19(18)25-23(30)27(22(20)29)17-7-5-4-6-8-17/h4-14H,1-3H3,(H,24,28)(H,25,30). The second-order valence-electron chi connectivity index (χ2n) is 7.51. The number of aromatic amines is 1. The number of para-hydroxylation sites is 1. The summed E-state index contributed by atoms with van der Waals surface area (Å²) in [5, 5.41) is 2.83. The van der Waals surface area contributed by atoms with Gasteiger partial charge in [0, 0.05) is 18.9 Å². The van der Waals surface area contributed by atoms with Crippen molar-refractivity contribution in [1.82, 2.24) is 14.1 Å². The third kappa shape index (κ3) is 3.34. The van der Waals surface area contributed by atoms with Crippen LogP contribution in [-0.2, 0) is 7.05 Å². The van der Waals surface area contributed by atoms with E-state index < -0.39 is 17.2 Å². The van der Waals surface area contributed by atoms with Gasteiger partial charge in [0.1, 0.15) is 5.52 Å². The van der Waals surface area contributed by atoms with Gasteiger partial charge in [0.15, 0.2) is 0 Å². The minimum absolute atomic E-state index is 0.219. The maximum absolute atomic E-state index is 13.1. The van der Waals surface area contributed by atoms with Crippen molar-refractivity contribution in [2.45, 2.75) is 19.8 Å². The molecule has 0 saturated heterocycles. The number of benzene rings is 2. The summed E-state index contributed by atoms with van der Waals surface area (Å²) in [6, 6.07) is 16.3. The molecule has 0 spiro atoms. The van der Waals surface area contributed by atoms with Crippen LogP contribution in [0, 0.1) is 0 Å². The summed E-state index contributed by atoms with van der Waals surface area (Å²) in [6.45, 7) is 4.20. The summed E-state index contributed by atoms with van der Waals surface area (Å²) in [5.74, 6) is -0.00455. The van der Waals surface area contributed by atoms with Crippen LogP contribution in [-0.4, -0.2) is 20.0 Å². The molecule has 4 rings (SSSR count). The lowest BCUT2D eigenvalue weighted by atomic mass is 10.0. The lowest BCUT2D eigenvalue weighted by molar-refractivity contribution is 0.102. The van der Waals surface area contributed by atoms with Crippen molar-refractivity contribution in [3.05, 3.63) is 92.8 Å². The Balaban J connectivity index is 1.76. The maximum atomic E-state index is 13.1. The molecule has 0 unspecified atom stereocenters. The summed E-state index contributed by atoms with van der Waals surface area (Å²) in [7, 11) is 1.67. The third-order valence-corrected chi connectivity index (χ3v) is 5.12. The van der Waals surface area contributed by atoms with Crippen molar-refractivity contribution in [3.63, 3.8) is 0 Å². The van der Waals surface area contributed by atoms with Gasteiger partial charge in [-0.1, -0.05) is 44.2 Å². The minimum atomic E-state index is -0.597. The van der Waals surface area contributed by atoms with Gasteiger partial charge < -0.3 is 14.9 Å². The molecule has 2 aromatic heterocycles. The first-order valence-corrected chi connectivity index (χ1v) is 9.68. The van der Waals surface area contributed by atoms with Crippen molar-refractivity contribution in [2.75, 3.05) is 5.32 Å². The number of rotatable bonds is 4. The van der Waals surface area contributed by atoms with Crippen molar-refractivity contribution in [3.8, 4) is 5.69 Å². The number of anilines is 1. The predicted molar refractivity (Wildman–Crippen MR) is 118 cm³/mol. The zero-order valence-corrected chi connectivity index (χ0v) is 17.0. The van der Waals surface area contributed by atoms with Gasteiger partial charge in [-0.3, -0.25) is 9.59 Å². The molecule has 4 aromatic rings. The Morgan fingerprint density at radius 3 is 2.30 bits per heavy atom. The summed E-state index contributed by atoms with van der Waals surface area (Å²) in [4.78, 5) is 41.3. The number of carbonyl (C=O) groups excluding carboxylic acids is 1. The highest BCUT2D eigenvalue weighted by Crippen LogP contribution is 2.20. The van der Waals surface area contributed by atoms with Gasteiger partial charge in [0.05, 0.1) is 16.8 Å². The molecule has 0 atom stereocenters. The molecule has 152 valence electrons. The zero-order chi connectivity index (χ0) is 21.4. The van der Waals surface area contributed by atoms with E-state index in [1.165, 1.54) is 5.56 Å². The van der Waals surface area contributed by atoms with E-state index in [0.29, 0.717) is 17.3 Å². The van der Waals surface area contributed by atoms with Crippen LogP contribution in [0.5, 0.6) is 0 Å². The number of nitrogens with one attached hydrogen (secondary N) is 2. The first-order chi connectivity index (χ1) is 14.4. The summed E-state index contributed by atoms with van der Waals surface area (Å²) in [5.41, 5.74) is 1.89. The van der Waals surface area contributed by atoms with E-state index in [2.05, 4.69) is 24.1 Å². The molecule has 0 radical (unpaired) electrons. The van der Waals surface area contributed by atoms with Gasteiger partial charge in [-0.05, 0) is 35.7 Å². The number of aromatic nitrogens is 3. The smallest absolute Gasteiger partial charge is 0.333 e. The zero-order valence-electron chi connectivity index (χ0n) is 17.0. The van der Waals surface area contributed by atoms with Crippen molar-refractivity contribution < 1.29 is 4.79 Å². The number of nitrogens with zero attached hydrogens (tertiary/aromatic N) is 2. The Bertz CT molecular complexity index is 1340. The topological polar surface area (TPSA) is 88.9 Å². The predicted octanol–water partition coefficient (Wildman–Crippen LogP) is 3.39. The summed E-state index contributed by atoms with van der Waals surface area (Å²) < 4.78 is 2.62. The maximum Gasteiger partial charge on any atom is 0.333 e. The fourth-order valence-electron chi connectivity index (χ4n) is 3.51. The van der Waals surface area contributed by atoms with Crippen molar-refractivity contribution >= 4 is 22.6 Å². The second-order valence-corrected chi connectivity index (χ2v) is 7.51. The number of hydrogen-bond donors (Lipinski definition) is 2. The van der Waals surface area contributed by atoms with Crippen molar-refractivity contribution in [2.24, 2.45) is 7.05 Å². The van der Waals surface area contributed by atoms with E-state index in [1.54, 1.807) is 48.1 Å². The molecule has 0 aliphatic heterocycles. The van der Waals surface area contributed by atoms with Gasteiger partial charge in [-0.15, -0.1) is 0 Å². The molecule has 0 fully saturated rings. The van der Waals surface area contributed by atoms with Crippen LogP contribution in [0.1, 0.15) is 35.7 Å². The SMILES string of the molecule is CC(C)c1ccc(NC(=O)c2cn(C)c3c(=O)n(-c4ccccc4)c(=O)[nH]c23)cc1. The number of amides is 1. The highest BCUT2D eigenvalue weighted by molar-refractivity contribution is 6.11. The molecule has 0 aliphatic rings. The van der Waals surface area contributed by atoms with E-state index in [-0.39, 0.29) is 16.6 Å². The molecule has 0 aliphatic carbocycles. The number of hydrogen-bond acceptors (Lipinski definition) is 3. The third-order valence-electron chi connectivity index (χ3n) is 5.12. The Morgan fingerprint density at radius 1 is 1.00 bits per heavy atom. The Hall–Kier alpha value is -3.87. The number of fused-ring (bicyclic) bond motifs is 1. The van der Waals surface area contributed by atoms with Crippen LogP contribution in [0.2, 0.25) is 0 Å². The molecular formula is C23H22N4O3. The molecule has 0 saturated carbocycles. The number of carbonyl (C=O) groups is 1. The van der Waals surface area contributed by atoms with E-state index in [1.807, 2.05) is 24.3 Å². The van der Waals surface area contributed by atoms with E-state index in [9.17, 15) is 14.4 Å². The average molecular weight is 402 g/mol. The minimum Gasteiger partial charge on any atom is -0.344 e. The molecule has 2 N–H and O–H groups in total. The van der Waals surface area contributed by atoms with Crippen LogP contribution < -0.4 is 16.6 Å². The molecule has 2 aromatic carbocycles. The van der Waals surface area contributed by atoms with Gasteiger partial charge in [0.25, 0.3) is 11.5 Å². The van der Waals surface area contributed by atoms with Crippen LogP contribution in [0.25, 0.3) is 16.7 Å². The number of H-pyrrole nitrogens is 1. The molecule has 1 amide bonds. The molecule has 2 heterocycles. The lowest BCUT2D eigenvalue weighted by Crippen LogP contribution is -2.34. The largest absolute Gasteiger partial charge is 0.344 e. The Morgan fingerprint density at radius 2 is 1.67 bits per heavy atom.